The molecule has 0 bridgehead atoms. The number of benzene rings is 2. The summed E-state index contributed by atoms with van der Waals surface area (Å²) in [6.45, 7) is 4.93. The summed E-state index contributed by atoms with van der Waals surface area (Å²) in [6.07, 6.45) is 0.220. The molecular formula is C22H25N3O3. The van der Waals surface area contributed by atoms with Crippen LogP contribution in [0, 0.1) is 5.92 Å². The van der Waals surface area contributed by atoms with Crippen LogP contribution in [0.25, 0.3) is 0 Å². The normalized spacial score (nSPS) is 16.1. The van der Waals surface area contributed by atoms with Gasteiger partial charge in [0.1, 0.15) is 0 Å². The van der Waals surface area contributed by atoms with E-state index in [1.165, 1.54) is 6.92 Å². The molecule has 0 spiro atoms. The third-order valence-corrected chi connectivity index (χ3v) is 4.88. The van der Waals surface area contributed by atoms with Gasteiger partial charge in [-0.05, 0) is 36.8 Å². The number of carbonyl (C=O) groups is 3. The van der Waals surface area contributed by atoms with Gasteiger partial charge in [-0.3, -0.25) is 14.4 Å². The Balaban J connectivity index is 1.67. The van der Waals surface area contributed by atoms with E-state index in [9.17, 15) is 14.4 Å². The van der Waals surface area contributed by atoms with Crippen molar-refractivity contribution in [3.8, 4) is 0 Å². The first-order chi connectivity index (χ1) is 13.5. The first-order valence-corrected chi connectivity index (χ1v) is 9.48. The van der Waals surface area contributed by atoms with Gasteiger partial charge < -0.3 is 15.1 Å². The molecule has 2 aromatic rings. The first kappa shape index (κ1) is 19.6. The third kappa shape index (κ3) is 4.57. The number of nitrogens with one attached hydrogen (secondary N) is 1. The Morgan fingerprint density at radius 3 is 2.39 bits per heavy atom. The number of anilines is 2. The van der Waals surface area contributed by atoms with Crippen molar-refractivity contribution in [3.63, 3.8) is 0 Å². The molecule has 2 aromatic carbocycles. The summed E-state index contributed by atoms with van der Waals surface area (Å²) in [4.78, 5) is 40.1. The van der Waals surface area contributed by atoms with E-state index in [1.54, 1.807) is 34.1 Å². The van der Waals surface area contributed by atoms with Crippen molar-refractivity contribution in [1.29, 1.82) is 0 Å². The van der Waals surface area contributed by atoms with Crippen molar-refractivity contribution in [3.05, 3.63) is 60.2 Å². The predicted molar refractivity (Wildman–Crippen MR) is 109 cm³/mol. The van der Waals surface area contributed by atoms with Crippen LogP contribution in [0.4, 0.5) is 11.4 Å². The van der Waals surface area contributed by atoms with E-state index in [0.29, 0.717) is 25.3 Å². The minimum atomic E-state index is -0.341. The summed E-state index contributed by atoms with van der Waals surface area (Å²) >= 11 is 0. The summed E-state index contributed by atoms with van der Waals surface area (Å²) < 4.78 is 0. The molecular weight excluding hydrogens is 354 g/mol. The number of nitrogens with zero attached hydrogens (tertiary/aromatic N) is 2. The Bertz CT molecular complexity index is 849. The quantitative estimate of drug-likeness (QED) is 0.839. The van der Waals surface area contributed by atoms with Crippen LogP contribution < -0.4 is 10.2 Å². The molecule has 0 radical (unpaired) electrons. The minimum absolute atomic E-state index is 0.0112. The molecule has 1 saturated heterocycles. The van der Waals surface area contributed by atoms with Gasteiger partial charge >= 0.3 is 0 Å². The van der Waals surface area contributed by atoms with E-state index in [-0.39, 0.29) is 30.1 Å². The second kappa shape index (κ2) is 8.69. The topological polar surface area (TPSA) is 69.7 Å². The maximum atomic E-state index is 13.0. The highest BCUT2D eigenvalue weighted by Gasteiger charge is 2.36. The van der Waals surface area contributed by atoms with Crippen molar-refractivity contribution in [2.45, 2.75) is 26.8 Å². The zero-order valence-electron chi connectivity index (χ0n) is 16.2. The molecule has 1 N–H and O–H groups in total. The van der Waals surface area contributed by atoms with Gasteiger partial charge in [0.2, 0.25) is 17.7 Å². The van der Waals surface area contributed by atoms with Gasteiger partial charge in [-0.15, -0.1) is 0 Å². The number of carbonyl (C=O) groups excluding carboxylic acids is 3. The van der Waals surface area contributed by atoms with Crippen LogP contribution in [0.15, 0.2) is 54.6 Å². The van der Waals surface area contributed by atoms with Crippen LogP contribution >= 0.6 is 0 Å². The molecule has 146 valence electrons. The Labute approximate surface area is 165 Å². The second-order valence-electron chi connectivity index (χ2n) is 6.97. The molecule has 1 aliphatic rings. The lowest BCUT2D eigenvalue weighted by Gasteiger charge is -2.24. The highest BCUT2D eigenvalue weighted by Crippen LogP contribution is 2.27. The molecule has 1 aliphatic heterocycles. The van der Waals surface area contributed by atoms with Crippen molar-refractivity contribution >= 4 is 29.1 Å². The van der Waals surface area contributed by atoms with Gasteiger partial charge in [-0.1, -0.05) is 30.3 Å². The SMILES string of the molecule is CCN(Cc1ccccc1)C(=O)C1CC(=O)N(c2ccc(NC(C)=O)cc2)C1. The fourth-order valence-electron chi connectivity index (χ4n) is 3.46. The Kier molecular flexibility index (Phi) is 6.09. The lowest BCUT2D eigenvalue weighted by Crippen LogP contribution is -2.37. The monoisotopic (exact) mass is 379 g/mol. The smallest absolute Gasteiger partial charge is 0.228 e. The molecule has 0 aromatic heterocycles. The van der Waals surface area contributed by atoms with E-state index in [1.807, 2.05) is 37.3 Å². The number of hydrogen-bond acceptors (Lipinski definition) is 3. The molecule has 1 atom stereocenters. The van der Waals surface area contributed by atoms with E-state index < -0.39 is 0 Å². The second-order valence-corrected chi connectivity index (χ2v) is 6.97. The molecule has 6 heteroatoms. The number of amides is 3. The van der Waals surface area contributed by atoms with Gasteiger partial charge in [-0.25, -0.2) is 0 Å². The van der Waals surface area contributed by atoms with Crippen molar-refractivity contribution < 1.29 is 14.4 Å². The van der Waals surface area contributed by atoms with Crippen LogP contribution in [0.5, 0.6) is 0 Å². The fraction of sp³-hybridized carbons (Fsp3) is 0.318. The zero-order valence-corrected chi connectivity index (χ0v) is 16.2. The van der Waals surface area contributed by atoms with Crippen LogP contribution in [-0.2, 0) is 20.9 Å². The highest BCUT2D eigenvalue weighted by molar-refractivity contribution is 6.00. The molecule has 1 heterocycles. The van der Waals surface area contributed by atoms with Crippen LogP contribution in [0.1, 0.15) is 25.8 Å². The molecule has 1 unspecified atom stereocenters. The predicted octanol–water partition coefficient (Wildman–Crippen LogP) is 3.05. The van der Waals surface area contributed by atoms with E-state index >= 15 is 0 Å². The summed E-state index contributed by atoms with van der Waals surface area (Å²) in [5.41, 5.74) is 2.49. The van der Waals surface area contributed by atoms with Crippen molar-refractivity contribution in [2.24, 2.45) is 5.92 Å². The van der Waals surface area contributed by atoms with Crippen molar-refractivity contribution in [2.75, 3.05) is 23.3 Å². The molecule has 28 heavy (non-hydrogen) atoms. The maximum Gasteiger partial charge on any atom is 0.228 e. The minimum Gasteiger partial charge on any atom is -0.338 e. The number of hydrogen-bond donors (Lipinski definition) is 1. The van der Waals surface area contributed by atoms with E-state index in [2.05, 4.69) is 5.32 Å². The number of rotatable bonds is 6. The van der Waals surface area contributed by atoms with Crippen LogP contribution in [-0.4, -0.2) is 35.7 Å². The molecule has 1 fully saturated rings. The Morgan fingerprint density at radius 2 is 1.79 bits per heavy atom. The standard InChI is InChI=1S/C22H25N3O3/c1-3-24(14-17-7-5-4-6-8-17)22(28)18-13-21(27)25(15-18)20-11-9-19(10-12-20)23-16(2)26/h4-12,18H,3,13-15H2,1-2H3,(H,23,26). The third-order valence-electron chi connectivity index (χ3n) is 4.88. The molecule has 0 saturated carbocycles. The fourth-order valence-corrected chi connectivity index (χ4v) is 3.46. The lowest BCUT2D eigenvalue weighted by molar-refractivity contribution is -0.136. The first-order valence-electron chi connectivity index (χ1n) is 9.48. The molecule has 3 rings (SSSR count). The Morgan fingerprint density at radius 1 is 1.11 bits per heavy atom. The highest BCUT2D eigenvalue weighted by atomic mass is 16.2. The van der Waals surface area contributed by atoms with E-state index in [0.717, 1.165) is 11.3 Å². The molecule has 0 aliphatic carbocycles. The van der Waals surface area contributed by atoms with Gasteiger partial charge in [0, 0.05) is 44.4 Å². The van der Waals surface area contributed by atoms with Crippen molar-refractivity contribution in [1.82, 2.24) is 4.90 Å². The molecule has 6 nitrogen and oxygen atoms in total. The lowest BCUT2D eigenvalue weighted by atomic mass is 10.1. The van der Waals surface area contributed by atoms with E-state index in [4.69, 9.17) is 0 Å². The van der Waals surface area contributed by atoms with Gasteiger partial charge in [0.25, 0.3) is 0 Å². The largest absolute Gasteiger partial charge is 0.338 e. The summed E-state index contributed by atoms with van der Waals surface area (Å²) in [6, 6.07) is 17.0. The average Bonchev–Trinajstić information content (AvgIpc) is 3.08. The zero-order chi connectivity index (χ0) is 20.1. The summed E-state index contributed by atoms with van der Waals surface area (Å²) in [7, 11) is 0. The van der Waals surface area contributed by atoms with Crippen LogP contribution in [0.3, 0.4) is 0 Å². The van der Waals surface area contributed by atoms with Gasteiger partial charge in [-0.2, -0.15) is 0 Å². The Hall–Kier alpha value is -3.15. The molecule has 3 amide bonds. The van der Waals surface area contributed by atoms with Gasteiger partial charge in [0.05, 0.1) is 5.92 Å². The summed E-state index contributed by atoms with van der Waals surface area (Å²) in [5, 5.41) is 2.70. The average molecular weight is 379 g/mol. The maximum absolute atomic E-state index is 13.0. The summed E-state index contributed by atoms with van der Waals surface area (Å²) in [5.74, 6) is -0.529. The van der Waals surface area contributed by atoms with Crippen LogP contribution in [0.2, 0.25) is 0 Å². The van der Waals surface area contributed by atoms with Gasteiger partial charge in [0.15, 0.2) is 0 Å².